The van der Waals surface area contributed by atoms with Gasteiger partial charge in [-0.25, -0.2) is 0 Å². The van der Waals surface area contributed by atoms with Crippen LogP contribution in [0.25, 0.3) is 0 Å². The minimum Gasteiger partial charge on any atom is -0.459 e. The number of aliphatic hydroxyl groups excluding tert-OH is 1. The van der Waals surface area contributed by atoms with E-state index in [1.165, 1.54) is 6.26 Å². The number of aryl methyl sites for hydroxylation is 1. The van der Waals surface area contributed by atoms with Gasteiger partial charge >= 0.3 is 0 Å². The number of carbonyl (C=O) groups is 1. The summed E-state index contributed by atoms with van der Waals surface area (Å²) in [6.45, 7) is 2.52. The molecule has 4 heteroatoms. The predicted octanol–water partition coefficient (Wildman–Crippen LogP) is 1.87. The molecule has 94 valence electrons. The van der Waals surface area contributed by atoms with E-state index >= 15 is 0 Å². The van der Waals surface area contributed by atoms with Crippen molar-refractivity contribution in [3.05, 3.63) is 23.7 Å². The lowest BCUT2D eigenvalue weighted by Crippen LogP contribution is -2.38. The van der Waals surface area contributed by atoms with E-state index in [4.69, 9.17) is 4.42 Å². The molecule has 0 spiro atoms. The van der Waals surface area contributed by atoms with E-state index in [0.29, 0.717) is 12.3 Å². The van der Waals surface area contributed by atoms with Crippen LogP contribution in [0.15, 0.2) is 16.7 Å². The van der Waals surface area contributed by atoms with Crippen molar-refractivity contribution >= 4 is 5.91 Å². The third-order valence-corrected chi connectivity index (χ3v) is 3.69. The van der Waals surface area contributed by atoms with Gasteiger partial charge in [-0.2, -0.15) is 0 Å². The van der Waals surface area contributed by atoms with Gasteiger partial charge in [0.25, 0.3) is 5.91 Å². The van der Waals surface area contributed by atoms with Crippen LogP contribution < -0.4 is 5.32 Å². The minimum absolute atomic E-state index is 0.115. The topological polar surface area (TPSA) is 62.5 Å². The molecule has 0 atom stereocenters. The van der Waals surface area contributed by atoms with Crippen molar-refractivity contribution in [3.8, 4) is 0 Å². The Morgan fingerprint density at radius 3 is 2.76 bits per heavy atom. The number of carbonyl (C=O) groups excluding carboxylic acids is 1. The van der Waals surface area contributed by atoms with E-state index < -0.39 is 0 Å². The number of hydrogen-bond donors (Lipinski definition) is 2. The fourth-order valence-electron chi connectivity index (χ4n) is 2.47. The number of hydrogen-bond acceptors (Lipinski definition) is 3. The lowest BCUT2D eigenvalue weighted by atomic mass is 9.87. The summed E-state index contributed by atoms with van der Waals surface area (Å²) in [5, 5.41) is 12.3. The van der Waals surface area contributed by atoms with Crippen molar-refractivity contribution in [1.82, 2.24) is 5.32 Å². The van der Waals surface area contributed by atoms with Gasteiger partial charge in [0, 0.05) is 17.5 Å². The molecule has 2 rings (SSSR count). The SMILES string of the molecule is Cc1ccoc1C(=O)NCC1(CO)CCCC1. The van der Waals surface area contributed by atoms with E-state index in [9.17, 15) is 9.90 Å². The number of amides is 1. The maximum atomic E-state index is 11.9. The van der Waals surface area contributed by atoms with Crippen LogP contribution >= 0.6 is 0 Å². The molecular weight excluding hydrogens is 218 g/mol. The Hall–Kier alpha value is -1.29. The number of furan rings is 1. The summed E-state index contributed by atoms with van der Waals surface area (Å²) in [4.78, 5) is 11.9. The molecule has 1 aliphatic rings. The first kappa shape index (κ1) is 12.2. The standard InChI is InChI=1S/C13H19NO3/c1-10-4-7-17-11(10)12(16)14-8-13(9-15)5-2-3-6-13/h4,7,15H,2-3,5-6,8-9H2,1H3,(H,14,16). The molecule has 0 unspecified atom stereocenters. The molecule has 2 N–H and O–H groups in total. The third kappa shape index (κ3) is 2.52. The largest absolute Gasteiger partial charge is 0.459 e. The average Bonchev–Trinajstić information content (AvgIpc) is 2.95. The molecule has 1 heterocycles. The zero-order valence-corrected chi connectivity index (χ0v) is 10.2. The fourth-order valence-corrected chi connectivity index (χ4v) is 2.47. The smallest absolute Gasteiger partial charge is 0.287 e. The Balaban J connectivity index is 1.94. The fraction of sp³-hybridized carbons (Fsp3) is 0.615. The van der Waals surface area contributed by atoms with Gasteiger partial charge in [0.1, 0.15) is 0 Å². The van der Waals surface area contributed by atoms with Crippen LogP contribution in [0, 0.1) is 12.3 Å². The Labute approximate surface area is 101 Å². The maximum absolute atomic E-state index is 11.9. The molecule has 4 nitrogen and oxygen atoms in total. The highest BCUT2D eigenvalue weighted by atomic mass is 16.3. The van der Waals surface area contributed by atoms with Crippen LogP contribution in [0.4, 0.5) is 0 Å². The Bertz CT molecular complexity index is 391. The van der Waals surface area contributed by atoms with Crippen LogP contribution in [0.1, 0.15) is 41.8 Å². The summed E-state index contributed by atoms with van der Waals surface area (Å²) in [6, 6.07) is 1.77. The van der Waals surface area contributed by atoms with Gasteiger partial charge in [-0.1, -0.05) is 12.8 Å². The van der Waals surface area contributed by atoms with Crippen molar-refractivity contribution in [3.63, 3.8) is 0 Å². The average molecular weight is 237 g/mol. The predicted molar refractivity (Wildman–Crippen MR) is 63.8 cm³/mol. The molecule has 1 amide bonds. The van der Waals surface area contributed by atoms with E-state index in [-0.39, 0.29) is 17.9 Å². The number of nitrogens with one attached hydrogen (secondary N) is 1. The molecule has 17 heavy (non-hydrogen) atoms. The number of rotatable bonds is 4. The second-order valence-corrected chi connectivity index (χ2v) is 4.98. The van der Waals surface area contributed by atoms with Gasteiger partial charge in [0.15, 0.2) is 5.76 Å². The molecule has 1 aliphatic carbocycles. The molecule has 0 aliphatic heterocycles. The van der Waals surface area contributed by atoms with Crippen LogP contribution in [0.2, 0.25) is 0 Å². The molecule has 1 aromatic rings. The monoisotopic (exact) mass is 237 g/mol. The molecular formula is C13H19NO3. The van der Waals surface area contributed by atoms with Crippen molar-refractivity contribution < 1.29 is 14.3 Å². The molecule has 1 saturated carbocycles. The van der Waals surface area contributed by atoms with Gasteiger partial charge in [0.05, 0.1) is 12.9 Å². The molecule has 0 aromatic carbocycles. The number of aliphatic hydroxyl groups is 1. The van der Waals surface area contributed by atoms with Crippen LogP contribution in [0.3, 0.4) is 0 Å². The van der Waals surface area contributed by atoms with Crippen molar-refractivity contribution in [2.45, 2.75) is 32.6 Å². The van der Waals surface area contributed by atoms with Crippen molar-refractivity contribution in [2.75, 3.05) is 13.2 Å². The van der Waals surface area contributed by atoms with E-state index in [1.54, 1.807) is 6.07 Å². The van der Waals surface area contributed by atoms with Gasteiger partial charge in [0.2, 0.25) is 0 Å². The lowest BCUT2D eigenvalue weighted by molar-refractivity contribution is 0.0854. The summed E-state index contributed by atoms with van der Waals surface area (Å²) in [5.74, 6) is 0.184. The maximum Gasteiger partial charge on any atom is 0.287 e. The lowest BCUT2D eigenvalue weighted by Gasteiger charge is -2.26. The second-order valence-electron chi connectivity index (χ2n) is 4.98. The molecule has 1 aromatic heterocycles. The van der Waals surface area contributed by atoms with Crippen LogP contribution in [0.5, 0.6) is 0 Å². The zero-order chi connectivity index (χ0) is 12.3. The van der Waals surface area contributed by atoms with Crippen LogP contribution in [-0.2, 0) is 0 Å². The summed E-state index contributed by atoms with van der Waals surface area (Å²) in [5.41, 5.74) is 0.725. The highest BCUT2D eigenvalue weighted by molar-refractivity contribution is 5.92. The molecule has 0 bridgehead atoms. The first-order chi connectivity index (χ1) is 8.17. The summed E-state index contributed by atoms with van der Waals surface area (Å²) in [6.07, 6.45) is 5.76. The Morgan fingerprint density at radius 1 is 1.53 bits per heavy atom. The first-order valence-corrected chi connectivity index (χ1v) is 6.10. The van der Waals surface area contributed by atoms with Gasteiger partial charge in [-0.05, 0) is 25.8 Å². The highest BCUT2D eigenvalue weighted by Crippen LogP contribution is 2.36. The minimum atomic E-state index is -0.188. The van der Waals surface area contributed by atoms with Crippen molar-refractivity contribution in [1.29, 1.82) is 0 Å². The van der Waals surface area contributed by atoms with Crippen molar-refractivity contribution in [2.24, 2.45) is 5.41 Å². The Morgan fingerprint density at radius 2 is 2.24 bits per heavy atom. The summed E-state index contributed by atoms with van der Waals surface area (Å²) < 4.78 is 5.13. The third-order valence-electron chi connectivity index (χ3n) is 3.69. The normalized spacial score (nSPS) is 18.2. The van der Waals surface area contributed by atoms with E-state index in [0.717, 1.165) is 31.2 Å². The first-order valence-electron chi connectivity index (χ1n) is 6.10. The quantitative estimate of drug-likeness (QED) is 0.840. The summed E-state index contributed by atoms with van der Waals surface area (Å²) in [7, 11) is 0. The van der Waals surface area contributed by atoms with E-state index in [2.05, 4.69) is 5.32 Å². The Kier molecular flexibility index (Phi) is 3.52. The second kappa shape index (κ2) is 4.92. The molecule has 0 radical (unpaired) electrons. The zero-order valence-electron chi connectivity index (χ0n) is 10.2. The molecule has 0 saturated heterocycles. The highest BCUT2D eigenvalue weighted by Gasteiger charge is 2.33. The van der Waals surface area contributed by atoms with E-state index in [1.807, 2.05) is 6.92 Å². The molecule has 1 fully saturated rings. The van der Waals surface area contributed by atoms with Gasteiger partial charge in [-0.3, -0.25) is 4.79 Å². The summed E-state index contributed by atoms with van der Waals surface area (Å²) >= 11 is 0. The van der Waals surface area contributed by atoms with Gasteiger partial charge < -0.3 is 14.8 Å². The van der Waals surface area contributed by atoms with Gasteiger partial charge in [-0.15, -0.1) is 0 Å². The van der Waals surface area contributed by atoms with Crippen LogP contribution in [-0.4, -0.2) is 24.2 Å².